The first-order valence-corrected chi connectivity index (χ1v) is 9.09. The van der Waals surface area contributed by atoms with E-state index in [-0.39, 0.29) is 17.1 Å². The van der Waals surface area contributed by atoms with Crippen LogP contribution in [0.1, 0.15) is 28.9 Å². The number of hydrogen-bond acceptors (Lipinski definition) is 4. The summed E-state index contributed by atoms with van der Waals surface area (Å²) >= 11 is 3.44. The molecule has 1 fully saturated rings. The third kappa shape index (κ3) is 3.12. The van der Waals surface area contributed by atoms with E-state index in [9.17, 15) is 4.79 Å². The van der Waals surface area contributed by atoms with Gasteiger partial charge in [-0.15, -0.1) is 0 Å². The zero-order valence-electron chi connectivity index (χ0n) is 14.2. The molecule has 0 radical (unpaired) electrons. The maximum atomic E-state index is 12.7. The highest BCUT2D eigenvalue weighted by molar-refractivity contribution is 9.10. The van der Waals surface area contributed by atoms with Gasteiger partial charge in [0.2, 0.25) is 0 Å². The standard InChI is InChI=1S/C20H17BrN2O3/c1-25-17-5-3-2-4-15(17)18-12-16(23-26-18)19(24)22-20(10-11-20)13-6-8-14(21)9-7-13/h2-9,12H,10-11H2,1H3,(H,22,24). The highest BCUT2D eigenvalue weighted by Crippen LogP contribution is 2.46. The van der Waals surface area contributed by atoms with Gasteiger partial charge in [-0.2, -0.15) is 0 Å². The summed E-state index contributed by atoms with van der Waals surface area (Å²) in [7, 11) is 1.60. The number of methoxy groups -OCH3 is 1. The molecule has 1 aromatic heterocycles. The molecule has 5 nitrogen and oxygen atoms in total. The second-order valence-electron chi connectivity index (χ2n) is 6.32. The van der Waals surface area contributed by atoms with Crippen molar-refractivity contribution in [1.29, 1.82) is 0 Å². The normalized spacial score (nSPS) is 14.7. The van der Waals surface area contributed by atoms with Crippen molar-refractivity contribution in [3.05, 3.63) is 70.3 Å². The lowest BCUT2D eigenvalue weighted by atomic mass is 10.0. The molecule has 1 aliphatic carbocycles. The predicted octanol–water partition coefficient (Wildman–Crippen LogP) is 4.53. The molecular formula is C20H17BrN2O3. The quantitative estimate of drug-likeness (QED) is 0.668. The van der Waals surface area contributed by atoms with E-state index in [0.29, 0.717) is 11.5 Å². The Labute approximate surface area is 159 Å². The van der Waals surface area contributed by atoms with Gasteiger partial charge in [-0.05, 0) is 42.7 Å². The van der Waals surface area contributed by atoms with Crippen LogP contribution in [0.15, 0.2) is 63.6 Å². The largest absolute Gasteiger partial charge is 0.496 e. The minimum Gasteiger partial charge on any atom is -0.496 e. The van der Waals surface area contributed by atoms with Crippen LogP contribution in [0.5, 0.6) is 5.75 Å². The maximum absolute atomic E-state index is 12.7. The average Bonchev–Trinajstić information content (AvgIpc) is 3.27. The summed E-state index contributed by atoms with van der Waals surface area (Å²) in [5, 5.41) is 7.04. The van der Waals surface area contributed by atoms with Crippen molar-refractivity contribution in [2.75, 3.05) is 7.11 Å². The number of nitrogens with zero attached hydrogens (tertiary/aromatic N) is 1. The van der Waals surface area contributed by atoms with Crippen molar-refractivity contribution in [3.63, 3.8) is 0 Å². The molecule has 0 saturated heterocycles. The molecule has 1 N–H and O–H groups in total. The van der Waals surface area contributed by atoms with Crippen LogP contribution in [0.2, 0.25) is 0 Å². The van der Waals surface area contributed by atoms with Gasteiger partial charge in [0.1, 0.15) is 5.75 Å². The smallest absolute Gasteiger partial charge is 0.274 e. The Morgan fingerprint density at radius 3 is 2.62 bits per heavy atom. The number of hydrogen-bond donors (Lipinski definition) is 1. The monoisotopic (exact) mass is 412 g/mol. The van der Waals surface area contributed by atoms with Gasteiger partial charge in [0.25, 0.3) is 5.91 Å². The number of rotatable bonds is 5. The van der Waals surface area contributed by atoms with Crippen LogP contribution in [0, 0.1) is 0 Å². The summed E-state index contributed by atoms with van der Waals surface area (Å²) < 4.78 is 11.7. The SMILES string of the molecule is COc1ccccc1-c1cc(C(=O)NC2(c3ccc(Br)cc3)CC2)no1. The first-order chi connectivity index (χ1) is 12.6. The summed E-state index contributed by atoms with van der Waals surface area (Å²) in [6, 6.07) is 17.1. The van der Waals surface area contributed by atoms with E-state index < -0.39 is 0 Å². The van der Waals surface area contributed by atoms with Crippen LogP contribution in [0.3, 0.4) is 0 Å². The van der Waals surface area contributed by atoms with Gasteiger partial charge in [-0.3, -0.25) is 4.79 Å². The molecule has 4 rings (SSSR count). The lowest BCUT2D eigenvalue weighted by Gasteiger charge is -2.17. The van der Waals surface area contributed by atoms with Crippen LogP contribution in [-0.4, -0.2) is 18.2 Å². The van der Waals surface area contributed by atoms with E-state index in [4.69, 9.17) is 9.26 Å². The van der Waals surface area contributed by atoms with Gasteiger partial charge in [0.15, 0.2) is 11.5 Å². The molecule has 6 heteroatoms. The minimum atomic E-state index is -0.304. The van der Waals surface area contributed by atoms with Crippen LogP contribution < -0.4 is 10.1 Å². The number of benzene rings is 2. The van der Waals surface area contributed by atoms with Gasteiger partial charge in [-0.25, -0.2) is 0 Å². The number of aromatic nitrogens is 1. The minimum absolute atomic E-state index is 0.240. The fraction of sp³-hybridized carbons (Fsp3) is 0.200. The Kier molecular flexibility index (Phi) is 4.28. The number of ether oxygens (including phenoxy) is 1. The van der Waals surface area contributed by atoms with Crippen molar-refractivity contribution < 1.29 is 14.1 Å². The molecule has 0 atom stereocenters. The Bertz CT molecular complexity index is 946. The van der Waals surface area contributed by atoms with Gasteiger partial charge in [-0.1, -0.05) is 45.4 Å². The molecule has 1 saturated carbocycles. The molecule has 26 heavy (non-hydrogen) atoms. The van der Waals surface area contributed by atoms with E-state index in [1.165, 1.54) is 0 Å². The van der Waals surface area contributed by atoms with Gasteiger partial charge in [0.05, 0.1) is 18.2 Å². The average molecular weight is 413 g/mol. The highest BCUT2D eigenvalue weighted by Gasteiger charge is 2.46. The molecular weight excluding hydrogens is 396 g/mol. The summed E-state index contributed by atoms with van der Waals surface area (Å²) in [5.41, 5.74) is 1.81. The van der Waals surface area contributed by atoms with Gasteiger partial charge >= 0.3 is 0 Å². The molecule has 2 aromatic carbocycles. The van der Waals surface area contributed by atoms with Crippen molar-refractivity contribution in [2.24, 2.45) is 0 Å². The number of nitrogens with one attached hydrogen (secondary N) is 1. The van der Waals surface area contributed by atoms with Crippen LogP contribution in [0.4, 0.5) is 0 Å². The number of amides is 1. The highest BCUT2D eigenvalue weighted by atomic mass is 79.9. The van der Waals surface area contributed by atoms with E-state index >= 15 is 0 Å². The van der Waals surface area contributed by atoms with Crippen molar-refractivity contribution >= 4 is 21.8 Å². The van der Waals surface area contributed by atoms with E-state index in [1.54, 1.807) is 13.2 Å². The summed E-state index contributed by atoms with van der Waals surface area (Å²) in [6.07, 6.45) is 1.83. The molecule has 132 valence electrons. The van der Waals surface area contributed by atoms with Gasteiger partial charge in [0, 0.05) is 10.5 Å². The first-order valence-electron chi connectivity index (χ1n) is 8.30. The number of para-hydroxylation sites is 1. The molecule has 3 aromatic rings. The second kappa shape index (κ2) is 6.61. The van der Waals surface area contributed by atoms with Crippen molar-refractivity contribution in [3.8, 4) is 17.1 Å². The predicted molar refractivity (Wildman–Crippen MR) is 101 cm³/mol. The number of carbonyl (C=O) groups excluding carboxylic acids is 1. The van der Waals surface area contributed by atoms with Crippen LogP contribution in [0.25, 0.3) is 11.3 Å². The molecule has 0 unspecified atom stereocenters. The summed E-state index contributed by atoms with van der Waals surface area (Å²) in [6.45, 7) is 0. The Morgan fingerprint density at radius 2 is 1.92 bits per heavy atom. The van der Waals surface area contributed by atoms with E-state index in [0.717, 1.165) is 28.4 Å². The van der Waals surface area contributed by atoms with Crippen molar-refractivity contribution in [2.45, 2.75) is 18.4 Å². The zero-order valence-corrected chi connectivity index (χ0v) is 15.7. The van der Waals surface area contributed by atoms with Gasteiger partial charge < -0.3 is 14.6 Å². The van der Waals surface area contributed by atoms with E-state index in [2.05, 4.69) is 26.4 Å². The van der Waals surface area contributed by atoms with E-state index in [1.807, 2.05) is 48.5 Å². The lowest BCUT2D eigenvalue weighted by molar-refractivity contribution is 0.0921. The van der Waals surface area contributed by atoms with Crippen LogP contribution in [-0.2, 0) is 5.54 Å². The summed E-state index contributed by atoms with van der Waals surface area (Å²) in [4.78, 5) is 12.7. The number of halogens is 1. The second-order valence-corrected chi connectivity index (χ2v) is 7.24. The lowest BCUT2D eigenvalue weighted by Crippen LogP contribution is -2.35. The molecule has 0 spiro atoms. The maximum Gasteiger partial charge on any atom is 0.274 e. The Hall–Kier alpha value is -2.60. The third-order valence-corrected chi connectivity index (χ3v) is 5.14. The molecule has 1 aliphatic rings. The molecule has 1 amide bonds. The topological polar surface area (TPSA) is 64.4 Å². The molecule has 1 heterocycles. The Morgan fingerprint density at radius 1 is 1.19 bits per heavy atom. The first kappa shape index (κ1) is 16.8. The fourth-order valence-corrected chi connectivity index (χ4v) is 3.28. The van der Waals surface area contributed by atoms with Crippen molar-refractivity contribution in [1.82, 2.24) is 10.5 Å². The van der Waals surface area contributed by atoms with Crippen LogP contribution >= 0.6 is 15.9 Å². The Balaban J connectivity index is 1.55. The zero-order chi connectivity index (χ0) is 18.1. The fourth-order valence-electron chi connectivity index (χ4n) is 3.02. The third-order valence-electron chi connectivity index (χ3n) is 4.61. The molecule has 0 aliphatic heterocycles. The molecule has 0 bridgehead atoms. The number of carbonyl (C=O) groups is 1. The summed E-state index contributed by atoms with van der Waals surface area (Å²) in [5.74, 6) is 0.931.